The summed E-state index contributed by atoms with van der Waals surface area (Å²) in [5.41, 5.74) is 16.2. The van der Waals surface area contributed by atoms with E-state index in [0.717, 1.165) is 59.6 Å². The standard InChI is InChI=1S/C51H66F5N5O6/c1-5-8-13-51(66-15-16-67-51)14-12-46(49(64)60(29-35-11-9-10-33(6-2)17-35)30-38-18-34(7-3)19-39(52)24-38)61(32-48(63)45(58)26-37-22-42(55)28-43(56)23-37)50(65)59(4)31-47(62)44(57)25-36-20-40(53)27-41(54)21-36/h9-11,17-24,27-28,44-48,62-63H,5-8,12-16,25-26,29-32,57-58H2,1-4H3/t44-,45-,46+,47+,48+/m0/s1. The van der Waals surface area contributed by atoms with Crippen molar-refractivity contribution < 1.29 is 51.2 Å². The molecule has 1 fully saturated rings. The number of ether oxygens (including phenoxy) is 2. The van der Waals surface area contributed by atoms with Crippen LogP contribution in [0.3, 0.4) is 0 Å². The van der Waals surface area contributed by atoms with E-state index in [9.17, 15) is 27.8 Å². The maximum absolute atomic E-state index is 15.7. The molecule has 0 aliphatic carbocycles. The van der Waals surface area contributed by atoms with Gasteiger partial charge in [0.05, 0.1) is 32.0 Å². The van der Waals surface area contributed by atoms with E-state index in [1.807, 2.05) is 51.1 Å². The molecule has 0 radical (unpaired) electrons. The number of carbonyl (C=O) groups excluding carboxylic acids is 2. The number of amides is 3. The summed E-state index contributed by atoms with van der Waals surface area (Å²) in [6.45, 7) is 5.54. The van der Waals surface area contributed by atoms with E-state index in [0.29, 0.717) is 49.3 Å². The van der Waals surface area contributed by atoms with E-state index >= 15 is 14.0 Å². The highest BCUT2D eigenvalue weighted by Gasteiger charge is 2.42. The number of halogens is 5. The molecule has 0 unspecified atom stereocenters. The summed E-state index contributed by atoms with van der Waals surface area (Å²) in [7, 11) is 1.37. The van der Waals surface area contributed by atoms with Crippen LogP contribution in [-0.2, 0) is 53.0 Å². The Morgan fingerprint density at radius 3 is 1.69 bits per heavy atom. The molecule has 4 aromatic rings. The van der Waals surface area contributed by atoms with Gasteiger partial charge in [0.2, 0.25) is 5.91 Å². The van der Waals surface area contributed by atoms with Crippen molar-refractivity contribution in [1.82, 2.24) is 14.7 Å². The number of nitrogens with two attached hydrogens (primary N) is 2. The fourth-order valence-electron chi connectivity index (χ4n) is 8.61. The van der Waals surface area contributed by atoms with E-state index in [1.165, 1.54) is 29.0 Å². The molecule has 1 saturated heterocycles. The van der Waals surface area contributed by atoms with Crippen LogP contribution < -0.4 is 11.5 Å². The van der Waals surface area contributed by atoms with Gasteiger partial charge in [0.1, 0.15) is 35.1 Å². The minimum Gasteiger partial charge on any atom is -0.390 e. The van der Waals surface area contributed by atoms with Gasteiger partial charge in [-0.15, -0.1) is 0 Å². The van der Waals surface area contributed by atoms with Gasteiger partial charge in [0.15, 0.2) is 5.79 Å². The Hall–Kier alpha value is -4.97. The summed E-state index contributed by atoms with van der Waals surface area (Å²) in [6, 6.07) is 13.5. The van der Waals surface area contributed by atoms with Crippen molar-refractivity contribution in [3.8, 4) is 0 Å². The Bertz CT molecular complexity index is 2210. The van der Waals surface area contributed by atoms with Crippen LogP contribution in [0.5, 0.6) is 0 Å². The Balaban J connectivity index is 1.58. The molecule has 0 spiro atoms. The average Bonchev–Trinajstić information content (AvgIpc) is 3.75. The van der Waals surface area contributed by atoms with Gasteiger partial charge >= 0.3 is 6.03 Å². The number of hydrogen-bond donors (Lipinski definition) is 4. The van der Waals surface area contributed by atoms with E-state index in [2.05, 4.69) is 0 Å². The number of aliphatic hydroxyl groups is 2. The second-order valence-corrected chi connectivity index (χ2v) is 17.7. The number of nitrogens with zero attached hydrogens (tertiary/aromatic N) is 3. The molecule has 1 heterocycles. The summed E-state index contributed by atoms with van der Waals surface area (Å²) >= 11 is 0. The summed E-state index contributed by atoms with van der Waals surface area (Å²) in [4.78, 5) is 34.6. The molecule has 1 aliphatic heterocycles. The first-order valence-electron chi connectivity index (χ1n) is 23.1. The maximum Gasteiger partial charge on any atom is 0.320 e. The van der Waals surface area contributed by atoms with Crippen LogP contribution in [0.1, 0.15) is 86.3 Å². The molecule has 6 N–H and O–H groups in total. The molecule has 16 heteroatoms. The van der Waals surface area contributed by atoms with E-state index < -0.39 is 90.2 Å². The van der Waals surface area contributed by atoms with Gasteiger partial charge in [-0.05, 0) is 108 Å². The van der Waals surface area contributed by atoms with Crippen molar-refractivity contribution in [2.75, 3.05) is 33.4 Å². The highest BCUT2D eigenvalue weighted by molar-refractivity contribution is 5.87. The van der Waals surface area contributed by atoms with E-state index in [1.54, 1.807) is 0 Å². The van der Waals surface area contributed by atoms with Crippen LogP contribution >= 0.6 is 0 Å². The first kappa shape index (κ1) is 53.0. The first-order chi connectivity index (χ1) is 31.9. The topological polar surface area (TPSA) is 155 Å². The number of unbranched alkanes of at least 4 members (excludes halogenated alkanes) is 1. The van der Waals surface area contributed by atoms with Crippen molar-refractivity contribution in [3.05, 3.63) is 141 Å². The second-order valence-electron chi connectivity index (χ2n) is 17.7. The van der Waals surface area contributed by atoms with Crippen LogP contribution in [0.15, 0.2) is 78.9 Å². The SMILES string of the molecule is CCCCC1(CC[C@H](C(=O)N(Cc2cccc(CC)c2)Cc2cc(F)cc(CC)c2)N(C[C@@H](O)[C@@H](N)Cc2cc(F)cc(F)c2)C(=O)N(C)C[C@@H](O)[C@@H](N)Cc2cc(F)cc(F)c2)OCCO1. The highest BCUT2D eigenvalue weighted by atomic mass is 19.1. The van der Waals surface area contributed by atoms with Gasteiger partial charge in [0, 0.05) is 63.7 Å². The van der Waals surface area contributed by atoms with Crippen LogP contribution in [-0.4, -0.2) is 106 Å². The minimum atomic E-state index is -1.58. The van der Waals surface area contributed by atoms with Gasteiger partial charge in [-0.3, -0.25) is 4.79 Å². The Morgan fingerprint density at radius 2 is 1.13 bits per heavy atom. The van der Waals surface area contributed by atoms with Gasteiger partial charge < -0.3 is 45.9 Å². The molecule has 11 nitrogen and oxygen atoms in total. The molecular formula is C51H66F5N5O6. The molecule has 366 valence electrons. The van der Waals surface area contributed by atoms with Crippen LogP contribution in [0, 0.1) is 29.1 Å². The van der Waals surface area contributed by atoms with E-state index in [-0.39, 0.29) is 49.9 Å². The lowest BCUT2D eigenvalue weighted by Gasteiger charge is -2.40. The number of hydrogen-bond acceptors (Lipinski definition) is 8. The summed E-state index contributed by atoms with van der Waals surface area (Å²) < 4.78 is 84.1. The highest BCUT2D eigenvalue weighted by Crippen LogP contribution is 2.33. The molecule has 3 amide bonds. The van der Waals surface area contributed by atoms with Gasteiger partial charge in [-0.1, -0.05) is 57.5 Å². The second kappa shape index (κ2) is 24.9. The van der Waals surface area contributed by atoms with Crippen molar-refractivity contribution in [3.63, 3.8) is 0 Å². The number of aryl methyl sites for hydroxylation is 2. The average molecular weight is 940 g/mol. The smallest absolute Gasteiger partial charge is 0.320 e. The quantitative estimate of drug-likeness (QED) is 0.0533. The third kappa shape index (κ3) is 15.5. The molecule has 4 aromatic carbocycles. The lowest BCUT2D eigenvalue weighted by molar-refractivity contribution is -0.171. The number of likely N-dealkylation sites (N-methyl/N-ethyl adjacent to an activating group) is 1. The number of benzene rings is 4. The first-order valence-corrected chi connectivity index (χ1v) is 23.1. The molecular weight excluding hydrogens is 874 g/mol. The number of rotatable bonds is 24. The fraction of sp³-hybridized carbons (Fsp3) is 0.490. The lowest BCUT2D eigenvalue weighted by atomic mass is 9.96. The summed E-state index contributed by atoms with van der Waals surface area (Å²) in [5, 5.41) is 23.2. The number of urea groups is 1. The Morgan fingerprint density at radius 1 is 0.657 bits per heavy atom. The van der Waals surface area contributed by atoms with Gasteiger partial charge in [0.25, 0.3) is 0 Å². The van der Waals surface area contributed by atoms with Crippen molar-refractivity contribution in [2.24, 2.45) is 11.5 Å². The van der Waals surface area contributed by atoms with Crippen LogP contribution in [0.4, 0.5) is 26.7 Å². The zero-order chi connectivity index (χ0) is 48.8. The third-order valence-corrected chi connectivity index (χ3v) is 12.3. The molecule has 0 saturated carbocycles. The summed E-state index contributed by atoms with van der Waals surface area (Å²) in [6.07, 6.45) is 0.0121. The molecule has 1 aliphatic rings. The molecule has 5 atom stereocenters. The third-order valence-electron chi connectivity index (χ3n) is 12.3. The maximum atomic E-state index is 15.7. The largest absolute Gasteiger partial charge is 0.390 e. The summed E-state index contributed by atoms with van der Waals surface area (Å²) in [5.74, 6) is -5.47. The normalized spacial score (nSPS) is 15.7. The van der Waals surface area contributed by atoms with E-state index in [4.69, 9.17) is 20.9 Å². The molecule has 5 rings (SSSR count). The zero-order valence-electron chi connectivity index (χ0n) is 38.9. The monoisotopic (exact) mass is 939 g/mol. The number of aliphatic hydroxyl groups excluding tert-OH is 2. The van der Waals surface area contributed by atoms with Crippen molar-refractivity contribution in [2.45, 2.75) is 128 Å². The van der Waals surface area contributed by atoms with Crippen LogP contribution in [0.2, 0.25) is 0 Å². The minimum absolute atomic E-state index is 0.0500. The molecule has 67 heavy (non-hydrogen) atoms. The zero-order valence-corrected chi connectivity index (χ0v) is 38.9. The lowest BCUT2D eigenvalue weighted by Crippen LogP contribution is -2.59. The van der Waals surface area contributed by atoms with Crippen molar-refractivity contribution in [1.29, 1.82) is 0 Å². The van der Waals surface area contributed by atoms with Crippen LogP contribution in [0.25, 0.3) is 0 Å². The Labute approximate surface area is 390 Å². The molecule has 0 bridgehead atoms. The van der Waals surface area contributed by atoms with Gasteiger partial charge in [-0.2, -0.15) is 0 Å². The fourth-order valence-corrected chi connectivity index (χ4v) is 8.61. The number of carbonyl (C=O) groups is 2. The van der Waals surface area contributed by atoms with Crippen molar-refractivity contribution >= 4 is 11.9 Å². The predicted molar refractivity (Wildman–Crippen MR) is 246 cm³/mol. The van der Waals surface area contributed by atoms with Gasteiger partial charge in [-0.25, -0.2) is 26.7 Å². The Kier molecular flexibility index (Phi) is 19.7. The molecule has 0 aromatic heterocycles. The predicted octanol–water partition coefficient (Wildman–Crippen LogP) is 7.33.